The van der Waals surface area contributed by atoms with Crippen molar-refractivity contribution in [3.05, 3.63) is 84.4 Å². The number of amides is 4. The van der Waals surface area contributed by atoms with Crippen LogP contribution >= 0.6 is 0 Å². The number of nitrogens with one attached hydrogen (secondary N) is 3. The molecule has 3 N–H and O–H groups in total. The van der Waals surface area contributed by atoms with Gasteiger partial charge in [0.15, 0.2) is 0 Å². The standard InChI is InChI=1S/C42H53N7O4/c1-27(2)24-37(46(3)4)41(52)48-22-10-14-35(48)39(50)43-31-18-16-28(17-19-31)34-26-30-25-32(20-21-33(30)45-34)44-40(51)36-15-11-23-49(36)42(53)38(47(5)6)29-12-8-7-9-13-29/h7-9,12-13,16-21,25-27,35-38,45H,10-11,14-15,22-24H2,1-6H3,(H,43,50)(H,44,51)/t35-,36-,37-,38+/m0/s1/i3D,4D. The molecule has 6 rings (SSSR count). The van der Waals surface area contributed by atoms with Crippen molar-refractivity contribution in [2.45, 2.75) is 70.1 Å². The second kappa shape index (κ2) is 16.3. The first-order valence-electron chi connectivity index (χ1n) is 19.9. The van der Waals surface area contributed by atoms with Crippen LogP contribution in [0.25, 0.3) is 22.2 Å². The number of likely N-dealkylation sites (tertiary alicyclic amines) is 2. The minimum atomic E-state index is -0.606. The predicted octanol–water partition coefficient (Wildman–Crippen LogP) is 5.97. The lowest BCUT2D eigenvalue weighted by Gasteiger charge is -2.32. The number of anilines is 2. The number of fused-ring (bicyclic) bond motifs is 1. The van der Waals surface area contributed by atoms with Crippen molar-refractivity contribution in [3.63, 3.8) is 0 Å². The quantitative estimate of drug-likeness (QED) is 0.166. The molecule has 0 aliphatic carbocycles. The fourth-order valence-corrected chi connectivity index (χ4v) is 7.65. The van der Waals surface area contributed by atoms with Crippen molar-refractivity contribution < 1.29 is 21.9 Å². The summed E-state index contributed by atoms with van der Waals surface area (Å²) in [6, 6.07) is 22.6. The van der Waals surface area contributed by atoms with Crippen LogP contribution in [0.3, 0.4) is 0 Å². The zero-order valence-corrected chi connectivity index (χ0v) is 31.2. The molecule has 2 fully saturated rings. The number of likely N-dealkylation sites (N-methyl/N-ethyl adjacent to an activating group) is 2. The summed E-state index contributed by atoms with van der Waals surface area (Å²) in [7, 11) is 3.47. The Balaban J connectivity index is 1.09. The monoisotopic (exact) mass is 721 g/mol. The van der Waals surface area contributed by atoms with E-state index in [-0.39, 0.29) is 43.6 Å². The third-order valence-corrected chi connectivity index (χ3v) is 10.3. The number of benzene rings is 3. The van der Waals surface area contributed by atoms with Crippen molar-refractivity contribution in [1.29, 1.82) is 0 Å². The number of hydrogen-bond donors (Lipinski definition) is 3. The number of rotatable bonds is 12. The second-order valence-corrected chi connectivity index (χ2v) is 14.9. The van der Waals surface area contributed by atoms with Crippen molar-refractivity contribution in [3.8, 4) is 11.3 Å². The van der Waals surface area contributed by atoms with Crippen LogP contribution in [0.5, 0.6) is 0 Å². The Labute approximate surface area is 315 Å². The Hall–Kier alpha value is -5.00. The Morgan fingerprint density at radius 2 is 1.40 bits per heavy atom. The van der Waals surface area contributed by atoms with Crippen molar-refractivity contribution in [2.24, 2.45) is 5.92 Å². The highest BCUT2D eigenvalue weighted by Gasteiger charge is 2.39. The van der Waals surface area contributed by atoms with E-state index < -0.39 is 24.2 Å². The SMILES string of the molecule is [2H]CN(C[2H])[C@@H](CC(C)C)C(=O)N1CCC[C@H]1C(=O)Nc1ccc(-c2cc3cc(NC(=O)[C@@H]4CCCN4C(=O)[C@@H](c4ccccc4)N(C)C)ccc3[nH]2)cc1. The van der Waals surface area contributed by atoms with E-state index in [1.807, 2.05) is 112 Å². The molecule has 4 amide bonds. The molecular weight excluding hydrogens is 667 g/mol. The average molecular weight is 722 g/mol. The number of nitrogens with zero attached hydrogens (tertiary/aromatic N) is 4. The predicted molar refractivity (Wildman–Crippen MR) is 210 cm³/mol. The molecule has 11 nitrogen and oxygen atoms in total. The Bertz CT molecular complexity index is 1970. The summed E-state index contributed by atoms with van der Waals surface area (Å²) < 4.78 is 15.7. The van der Waals surface area contributed by atoms with Crippen LogP contribution in [-0.2, 0) is 19.2 Å². The molecule has 4 aromatic rings. The maximum Gasteiger partial charge on any atom is 0.247 e. The summed E-state index contributed by atoms with van der Waals surface area (Å²) in [6.45, 7) is 5.04. The van der Waals surface area contributed by atoms with E-state index in [0.717, 1.165) is 40.6 Å². The van der Waals surface area contributed by atoms with Gasteiger partial charge in [-0.05, 0) is 114 Å². The molecule has 0 bridgehead atoms. The lowest BCUT2D eigenvalue weighted by Crippen LogP contribution is -2.51. The Morgan fingerprint density at radius 3 is 2.00 bits per heavy atom. The van der Waals surface area contributed by atoms with Crippen LogP contribution in [0.15, 0.2) is 78.9 Å². The molecule has 0 spiro atoms. The van der Waals surface area contributed by atoms with E-state index in [4.69, 9.17) is 2.74 Å². The van der Waals surface area contributed by atoms with Gasteiger partial charge in [0.1, 0.15) is 18.1 Å². The van der Waals surface area contributed by atoms with Gasteiger partial charge in [-0.2, -0.15) is 0 Å². The molecule has 53 heavy (non-hydrogen) atoms. The summed E-state index contributed by atoms with van der Waals surface area (Å²) in [5.74, 6) is -0.506. The first-order chi connectivity index (χ1) is 26.5. The highest BCUT2D eigenvalue weighted by atomic mass is 16.2. The minimum absolute atomic E-state index is 0.0790. The van der Waals surface area contributed by atoms with E-state index in [1.54, 1.807) is 9.80 Å². The molecule has 11 heteroatoms. The molecule has 1 aromatic heterocycles. The fraction of sp³-hybridized carbons (Fsp3) is 0.429. The van der Waals surface area contributed by atoms with Crippen molar-refractivity contribution in [2.75, 3.05) is 51.9 Å². The summed E-state index contributed by atoms with van der Waals surface area (Å²) in [5, 5.41) is 6.96. The van der Waals surface area contributed by atoms with Gasteiger partial charge in [-0.1, -0.05) is 56.3 Å². The highest BCUT2D eigenvalue weighted by molar-refractivity contribution is 6.01. The topological polar surface area (TPSA) is 121 Å². The molecule has 2 aliphatic rings. The number of aromatic nitrogens is 1. The van der Waals surface area contributed by atoms with Gasteiger partial charge in [-0.3, -0.25) is 29.0 Å². The lowest BCUT2D eigenvalue weighted by molar-refractivity contribution is -0.141. The largest absolute Gasteiger partial charge is 0.355 e. The summed E-state index contributed by atoms with van der Waals surface area (Å²) in [5.41, 5.74) is 4.84. The van der Waals surface area contributed by atoms with Crippen molar-refractivity contribution >= 4 is 45.9 Å². The van der Waals surface area contributed by atoms with Gasteiger partial charge in [0.05, 0.1) is 6.04 Å². The van der Waals surface area contributed by atoms with E-state index in [1.165, 1.54) is 4.90 Å². The summed E-state index contributed by atoms with van der Waals surface area (Å²) in [6.07, 6.45) is 3.17. The highest BCUT2D eigenvalue weighted by Crippen LogP contribution is 2.30. The lowest BCUT2D eigenvalue weighted by atomic mass is 10.0. The minimum Gasteiger partial charge on any atom is -0.355 e. The summed E-state index contributed by atoms with van der Waals surface area (Å²) in [4.78, 5) is 64.7. The molecule has 2 saturated heterocycles. The number of carbonyl (C=O) groups is 4. The summed E-state index contributed by atoms with van der Waals surface area (Å²) >= 11 is 0. The fourth-order valence-electron chi connectivity index (χ4n) is 7.65. The molecule has 2 aliphatic heterocycles. The van der Waals surface area contributed by atoms with E-state index >= 15 is 0 Å². The van der Waals surface area contributed by atoms with E-state index in [0.29, 0.717) is 43.7 Å². The average Bonchev–Trinajstić information content (AvgIpc) is 3.95. The van der Waals surface area contributed by atoms with Crippen LogP contribution in [0.4, 0.5) is 11.4 Å². The first-order valence-corrected chi connectivity index (χ1v) is 18.5. The van der Waals surface area contributed by atoms with Gasteiger partial charge >= 0.3 is 0 Å². The molecule has 4 atom stereocenters. The zero-order chi connectivity index (χ0) is 39.2. The van der Waals surface area contributed by atoms with Crippen molar-refractivity contribution in [1.82, 2.24) is 24.6 Å². The number of aromatic amines is 1. The van der Waals surface area contributed by atoms with Gasteiger partial charge in [0, 0.05) is 43.8 Å². The van der Waals surface area contributed by atoms with Crippen LogP contribution in [0, 0.1) is 5.92 Å². The van der Waals surface area contributed by atoms with Crippen LogP contribution in [0.1, 0.15) is 60.3 Å². The Morgan fingerprint density at radius 1 is 0.792 bits per heavy atom. The normalized spacial score (nSPS) is 19.1. The van der Waals surface area contributed by atoms with Gasteiger partial charge in [0.2, 0.25) is 23.6 Å². The second-order valence-electron chi connectivity index (χ2n) is 14.9. The maximum atomic E-state index is 13.8. The Kier molecular flexibility index (Phi) is 10.8. The van der Waals surface area contributed by atoms with Crippen LogP contribution in [0.2, 0.25) is 0 Å². The molecule has 0 saturated carbocycles. The van der Waals surface area contributed by atoms with Crippen LogP contribution < -0.4 is 10.6 Å². The molecule has 0 unspecified atom stereocenters. The molecule has 3 heterocycles. The number of hydrogen-bond acceptors (Lipinski definition) is 6. The number of carbonyl (C=O) groups excluding carboxylic acids is 4. The smallest absolute Gasteiger partial charge is 0.247 e. The van der Waals surface area contributed by atoms with Gasteiger partial charge in [-0.25, -0.2) is 0 Å². The molecular formula is C42H53N7O4. The third-order valence-electron chi connectivity index (χ3n) is 10.3. The van der Waals surface area contributed by atoms with Gasteiger partial charge in [0.25, 0.3) is 0 Å². The van der Waals surface area contributed by atoms with E-state index in [2.05, 4.69) is 15.6 Å². The molecule has 280 valence electrons. The zero-order valence-electron chi connectivity index (χ0n) is 33.2. The third kappa shape index (κ3) is 8.47. The number of H-pyrrole nitrogens is 1. The van der Waals surface area contributed by atoms with E-state index in [9.17, 15) is 19.2 Å². The molecule has 3 aromatic carbocycles. The van der Waals surface area contributed by atoms with Gasteiger partial charge in [-0.15, -0.1) is 0 Å². The molecule has 0 radical (unpaired) electrons. The first kappa shape index (κ1) is 35.1. The van der Waals surface area contributed by atoms with Crippen LogP contribution in [-0.4, -0.2) is 108 Å². The van der Waals surface area contributed by atoms with Gasteiger partial charge < -0.3 is 25.4 Å². The maximum absolute atomic E-state index is 13.8.